The van der Waals surface area contributed by atoms with Crippen LogP contribution in [0, 0.1) is 11.3 Å². The summed E-state index contributed by atoms with van der Waals surface area (Å²) in [5.74, 6) is 0.907. The van der Waals surface area contributed by atoms with Crippen LogP contribution in [0.25, 0.3) is 0 Å². The van der Waals surface area contributed by atoms with Gasteiger partial charge in [0.1, 0.15) is 0 Å². The third-order valence-electron chi connectivity index (χ3n) is 6.07. The van der Waals surface area contributed by atoms with Crippen molar-refractivity contribution in [3.8, 4) is 0 Å². The fourth-order valence-corrected chi connectivity index (χ4v) is 4.66. The maximum Gasteiger partial charge on any atom is 0.0125 e. The zero-order valence-electron chi connectivity index (χ0n) is 14.9. The lowest BCUT2D eigenvalue weighted by atomic mass is 9.78. The van der Waals surface area contributed by atoms with Crippen LogP contribution in [0.1, 0.15) is 47.5 Å². The van der Waals surface area contributed by atoms with Crippen LogP contribution < -0.4 is 0 Å². The van der Waals surface area contributed by atoms with Crippen molar-refractivity contribution in [1.29, 1.82) is 0 Å². The summed E-state index contributed by atoms with van der Waals surface area (Å²) in [6.45, 7) is 21.1. The van der Waals surface area contributed by atoms with E-state index in [1.165, 1.54) is 58.7 Å². The molecule has 3 nitrogen and oxygen atoms in total. The maximum atomic E-state index is 2.74. The molecule has 3 heteroatoms. The fourth-order valence-electron chi connectivity index (χ4n) is 4.66. The molecule has 0 aliphatic carbocycles. The second-order valence-corrected chi connectivity index (χ2v) is 9.26. The summed E-state index contributed by atoms with van der Waals surface area (Å²) in [4.78, 5) is 8.08. The minimum Gasteiger partial charge on any atom is -0.302 e. The molecular formula is C18H35N3. The molecule has 3 aliphatic heterocycles. The van der Waals surface area contributed by atoms with Gasteiger partial charge in [-0.15, -0.1) is 0 Å². The molecule has 21 heavy (non-hydrogen) atoms. The highest BCUT2D eigenvalue weighted by molar-refractivity contribution is 5.02. The topological polar surface area (TPSA) is 9.72 Å². The minimum absolute atomic E-state index is 0.355. The third kappa shape index (κ3) is 3.30. The number of nitrogens with zero attached hydrogens (tertiary/aromatic N) is 3. The predicted molar refractivity (Wildman–Crippen MR) is 89.6 cm³/mol. The fraction of sp³-hybridized carbons (Fsp3) is 1.00. The molecule has 0 aromatic heterocycles. The first kappa shape index (κ1) is 15.8. The van der Waals surface area contributed by atoms with Crippen LogP contribution in [-0.2, 0) is 0 Å². The largest absolute Gasteiger partial charge is 0.302 e. The Bertz CT molecular complexity index is 365. The van der Waals surface area contributed by atoms with Gasteiger partial charge in [-0.2, -0.15) is 0 Å². The van der Waals surface area contributed by atoms with Gasteiger partial charge < -0.3 is 9.80 Å². The van der Waals surface area contributed by atoms with Crippen molar-refractivity contribution in [3.05, 3.63) is 0 Å². The molecule has 1 atom stereocenters. The van der Waals surface area contributed by atoms with Crippen molar-refractivity contribution in [2.45, 2.75) is 59.0 Å². The average Bonchev–Trinajstić information content (AvgIpc) is 2.93. The number of hydrogen-bond acceptors (Lipinski definition) is 3. The van der Waals surface area contributed by atoms with Gasteiger partial charge in [-0.25, -0.2) is 0 Å². The van der Waals surface area contributed by atoms with E-state index in [0.717, 1.165) is 12.0 Å². The first-order valence-corrected chi connectivity index (χ1v) is 8.99. The van der Waals surface area contributed by atoms with Gasteiger partial charge in [0.2, 0.25) is 0 Å². The Kier molecular flexibility index (Phi) is 4.13. The summed E-state index contributed by atoms with van der Waals surface area (Å²) in [6, 6.07) is 0.730. The Labute approximate surface area is 131 Å². The zero-order valence-corrected chi connectivity index (χ0v) is 14.9. The minimum atomic E-state index is 0.355. The average molecular weight is 293 g/mol. The summed E-state index contributed by atoms with van der Waals surface area (Å²) in [5, 5.41) is 0. The van der Waals surface area contributed by atoms with E-state index in [0.29, 0.717) is 11.0 Å². The van der Waals surface area contributed by atoms with Crippen LogP contribution in [0.15, 0.2) is 0 Å². The van der Waals surface area contributed by atoms with E-state index in [4.69, 9.17) is 0 Å². The molecule has 3 fully saturated rings. The first-order valence-electron chi connectivity index (χ1n) is 8.99. The van der Waals surface area contributed by atoms with Gasteiger partial charge >= 0.3 is 0 Å². The van der Waals surface area contributed by atoms with E-state index in [2.05, 4.69) is 49.3 Å². The molecule has 3 rings (SSSR count). The van der Waals surface area contributed by atoms with E-state index in [1.54, 1.807) is 0 Å². The molecule has 0 aromatic rings. The van der Waals surface area contributed by atoms with Crippen molar-refractivity contribution in [1.82, 2.24) is 14.7 Å². The van der Waals surface area contributed by atoms with E-state index in [1.807, 2.05) is 0 Å². The molecule has 1 spiro atoms. The number of hydrogen-bond donors (Lipinski definition) is 0. The molecule has 3 saturated heterocycles. The second kappa shape index (κ2) is 5.50. The number of likely N-dealkylation sites (tertiary alicyclic amines) is 3. The molecule has 0 radical (unpaired) electrons. The van der Waals surface area contributed by atoms with E-state index >= 15 is 0 Å². The lowest BCUT2D eigenvalue weighted by Gasteiger charge is -2.49. The van der Waals surface area contributed by atoms with E-state index in [9.17, 15) is 0 Å². The molecule has 3 heterocycles. The predicted octanol–water partition coefficient (Wildman–Crippen LogP) is 2.52. The van der Waals surface area contributed by atoms with Gasteiger partial charge in [0.25, 0.3) is 0 Å². The van der Waals surface area contributed by atoms with Crippen molar-refractivity contribution in [3.63, 3.8) is 0 Å². The highest BCUT2D eigenvalue weighted by Gasteiger charge is 2.48. The van der Waals surface area contributed by atoms with Gasteiger partial charge in [0.15, 0.2) is 0 Å². The highest BCUT2D eigenvalue weighted by Crippen LogP contribution is 2.41. The van der Waals surface area contributed by atoms with Crippen LogP contribution in [0.5, 0.6) is 0 Å². The van der Waals surface area contributed by atoms with Crippen molar-refractivity contribution < 1.29 is 0 Å². The smallest absolute Gasteiger partial charge is 0.0125 e. The summed E-state index contributed by atoms with van der Waals surface area (Å²) in [7, 11) is 0. The quantitative estimate of drug-likeness (QED) is 0.792. The van der Waals surface area contributed by atoms with Gasteiger partial charge in [-0.1, -0.05) is 0 Å². The van der Waals surface area contributed by atoms with Crippen LogP contribution in [0.3, 0.4) is 0 Å². The van der Waals surface area contributed by atoms with Crippen LogP contribution in [0.2, 0.25) is 0 Å². The second-order valence-electron chi connectivity index (χ2n) is 9.26. The number of rotatable bonds is 3. The molecule has 0 aromatic carbocycles. The molecule has 122 valence electrons. The Morgan fingerprint density at radius 3 is 2.33 bits per heavy atom. The SMILES string of the molecule is CC(C)N1CCC2(CN(CC3CCN(C(C)(C)C)C3)C2)C1. The lowest BCUT2D eigenvalue weighted by molar-refractivity contribution is -0.00439. The molecule has 0 bridgehead atoms. The molecule has 3 aliphatic rings. The first-order chi connectivity index (χ1) is 9.77. The molecule has 0 N–H and O–H groups in total. The molecular weight excluding hydrogens is 258 g/mol. The van der Waals surface area contributed by atoms with Crippen LogP contribution >= 0.6 is 0 Å². The molecule has 1 unspecified atom stereocenters. The monoisotopic (exact) mass is 293 g/mol. The highest BCUT2D eigenvalue weighted by atomic mass is 15.3. The normalized spacial score (nSPS) is 31.4. The zero-order chi connectivity index (χ0) is 15.3. The van der Waals surface area contributed by atoms with E-state index < -0.39 is 0 Å². The standard InChI is InChI=1S/C18H35N3/c1-15(2)20-9-7-18(14-20)12-19(13-18)10-16-6-8-21(11-16)17(3,4)5/h15-16H,6-14H2,1-5H3. The van der Waals surface area contributed by atoms with Crippen molar-refractivity contribution in [2.24, 2.45) is 11.3 Å². The van der Waals surface area contributed by atoms with Crippen LogP contribution in [-0.4, -0.2) is 72.1 Å². The summed E-state index contributed by atoms with van der Waals surface area (Å²) >= 11 is 0. The Morgan fingerprint density at radius 1 is 1.10 bits per heavy atom. The van der Waals surface area contributed by atoms with Gasteiger partial charge in [0.05, 0.1) is 0 Å². The van der Waals surface area contributed by atoms with E-state index in [-0.39, 0.29) is 0 Å². The summed E-state index contributed by atoms with van der Waals surface area (Å²) in [5.41, 5.74) is 1.01. The van der Waals surface area contributed by atoms with Crippen molar-refractivity contribution in [2.75, 3.05) is 45.8 Å². The lowest BCUT2D eigenvalue weighted by Crippen LogP contribution is -2.58. The van der Waals surface area contributed by atoms with Gasteiger partial charge in [-0.05, 0) is 66.5 Å². The third-order valence-corrected chi connectivity index (χ3v) is 6.07. The molecule has 0 amide bonds. The Balaban J connectivity index is 1.42. The van der Waals surface area contributed by atoms with Gasteiger partial charge in [0, 0.05) is 49.7 Å². The van der Waals surface area contributed by atoms with Crippen LogP contribution in [0.4, 0.5) is 0 Å². The Morgan fingerprint density at radius 2 is 1.81 bits per heavy atom. The molecule has 0 saturated carbocycles. The Hall–Kier alpha value is -0.120. The maximum absolute atomic E-state index is 2.74. The summed E-state index contributed by atoms with van der Waals surface area (Å²) in [6.07, 6.45) is 2.83. The summed E-state index contributed by atoms with van der Waals surface area (Å²) < 4.78 is 0. The van der Waals surface area contributed by atoms with Crippen molar-refractivity contribution >= 4 is 0 Å². The van der Waals surface area contributed by atoms with Gasteiger partial charge in [-0.3, -0.25) is 4.90 Å².